The van der Waals surface area contributed by atoms with E-state index in [9.17, 15) is 9.18 Å². The number of rotatable bonds is 13. The molecule has 0 heterocycles. The molecule has 0 aliphatic heterocycles. The summed E-state index contributed by atoms with van der Waals surface area (Å²) in [6.07, 6.45) is 1.08. The molecule has 0 saturated carbocycles. The fraction of sp³-hybridized carbons (Fsp3) is 0.417. The smallest absolute Gasteiger partial charge is 0.224 e. The Morgan fingerprint density at radius 2 is 1.58 bits per heavy atom. The summed E-state index contributed by atoms with van der Waals surface area (Å²) < 4.78 is 23.5. The van der Waals surface area contributed by atoms with Crippen molar-refractivity contribution in [2.24, 2.45) is 4.99 Å². The van der Waals surface area contributed by atoms with E-state index in [0.717, 1.165) is 29.8 Å². The number of methoxy groups -OCH3 is 1. The summed E-state index contributed by atoms with van der Waals surface area (Å²) in [5.74, 6) is 1.06. The van der Waals surface area contributed by atoms with Gasteiger partial charge in [-0.1, -0.05) is 24.3 Å². The molecule has 0 radical (unpaired) electrons. The molecule has 0 aliphatic carbocycles. The summed E-state index contributed by atoms with van der Waals surface area (Å²) in [4.78, 5) is 16.7. The van der Waals surface area contributed by atoms with Crippen molar-refractivity contribution in [3.05, 3.63) is 65.5 Å². The third-order valence-corrected chi connectivity index (χ3v) is 4.56. The number of carbonyl (C=O) groups excluding carboxylic acids is 1. The number of benzene rings is 2. The van der Waals surface area contributed by atoms with Crippen LogP contribution >= 0.6 is 24.0 Å². The van der Waals surface area contributed by atoms with Gasteiger partial charge in [-0.2, -0.15) is 0 Å². The van der Waals surface area contributed by atoms with Crippen LogP contribution in [0.1, 0.15) is 24.5 Å². The SMILES string of the molecule is CCOCCCNC(=NCc1ccc(OC)cc1)NCCNC(=O)Cc1ccc(F)cc1.I. The van der Waals surface area contributed by atoms with E-state index in [2.05, 4.69) is 20.9 Å². The number of nitrogens with zero attached hydrogens (tertiary/aromatic N) is 1. The summed E-state index contributed by atoms with van der Waals surface area (Å²) in [5, 5.41) is 9.39. The van der Waals surface area contributed by atoms with Crippen molar-refractivity contribution in [3.63, 3.8) is 0 Å². The van der Waals surface area contributed by atoms with Crippen LogP contribution in [0.3, 0.4) is 0 Å². The maximum atomic E-state index is 13.0. The molecule has 0 bridgehead atoms. The van der Waals surface area contributed by atoms with Crippen LogP contribution in [0.25, 0.3) is 0 Å². The molecule has 0 atom stereocenters. The van der Waals surface area contributed by atoms with Gasteiger partial charge in [0.25, 0.3) is 0 Å². The number of nitrogens with one attached hydrogen (secondary N) is 3. The lowest BCUT2D eigenvalue weighted by molar-refractivity contribution is -0.120. The van der Waals surface area contributed by atoms with Crippen LogP contribution < -0.4 is 20.7 Å². The summed E-state index contributed by atoms with van der Waals surface area (Å²) >= 11 is 0. The van der Waals surface area contributed by atoms with E-state index < -0.39 is 0 Å². The van der Waals surface area contributed by atoms with Crippen LogP contribution in [0.15, 0.2) is 53.5 Å². The minimum atomic E-state index is -0.312. The maximum absolute atomic E-state index is 13.0. The predicted octanol–water partition coefficient (Wildman–Crippen LogP) is 3.27. The summed E-state index contributed by atoms with van der Waals surface area (Å²) in [7, 11) is 1.64. The van der Waals surface area contributed by atoms with Crippen LogP contribution in [0.2, 0.25) is 0 Å². The first-order chi connectivity index (χ1) is 15.6. The Hall–Kier alpha value is -2.40. The fourth-order valence-electron chi connectivity index (χ4n) is 2.83. The van der Waals surface area contributed by atoms with Gasteiger partial charge < -0.3 is 25.4 Å². The topological polar surface area (TPSA) is 84.0 Å². The van der Waals surface area contributed by atoms with Crippen molar-refractivity contribution in [1.82, 2.24) is 16.0 Å². The van der Waals surface area contributed by atoms with Gasteiger partial charge >= 0.3 is 0 Å². The van der Waals surface area contributed by atoms with Gasteiger partial charge in [0.05, 0.1) is 20.1 Å². The number of aliphatic imine (C=N–C) groups is 1. The van der Waals surface area contributed by atoms with Crippen LogP contribution in [-0.4, -0.2) is 51.8 Å². The molecule has 2 rings (SSSR count). The van der Waals surface area contributed by atoms with E-state index in [0.29, 0.717) is 38.8 Å². The Balaban J connectivity index is 0.00000544. The molecule has 182 valence electrons. The van der Waals surface area contributed by atoms with Crippen LogP contribution in [0, 0.1) is 5.82 Å². The fourth-order valence-corrected chi connectivity index (χ4v) is 2.83. The van der Waals surface area contributed by atoms with Crippen molar-refractivity contribution in [2.75, 3.05) is 40.0 Å². The Bertz CT molecular complexity index is 833. The number of ether oxygens (including phenoxy) is 2. The molecule has 0 spiro atoms. The normalized spacial score (nSPS) is 10.8. The molecule has 0 fully saturated rings. The number of amides is 1. The lowest BCUT2D eigenvalue weighted by Gasteiger charge is -2.13. The van der Waals surface area contributed by atoms with Crippen LogP contribution in [0.5, 0.6) is 5.75 Å². The highest BCUT2D eigenvalue weighted by Gasteiger charge is 2.04. The van der Waals surface area contributed by atoms with E-state index in [1.54, 1.807) is 19.2 Å². The molecular weight excluding hydrogens is 538 g/mol. The van der Waals surface area contributed by atoms with E-state index in [4.69, 9.17) is 9.47 Å². The molecule has 7 nitrogen and oxygen atoms in total. The Morgan fingerprint density at radius 3 is 2.24 bits per heavy atom. The monoisotopic (exact) mass is 572 g/mol. The summed E-state index contributed by atoms with van der Waals surface area (Å²) in [6, 6.07) is 13.7. The first-order valence-electron chi connectivity index (χ1n) is 10.8. The zero-order valence-electron chi connectivity index (χ0n) is 19.2. The number of hydrogen-bond acceptors (Lipinski definition) is 4. The van der Waals surface area contributed by atoms with Crippen molar-refractivity contribution < 1.29 is 18.7 Å². The average molecular weight is 572 g/mol. The van der Waals surface area contributed by atoms with E-state index in [1.165, 1.54) is 12.1 Å². The Kier molecular flexibility index (Phi) is 14.9. The molecule has 0 aliphatic rings. The number of hydrogen-bond donors (Lipinski definition) is 3. The molecule has 0 saturated heterocycles. The molecule has 3 N–H and O–H groups in total. The maximum Gasteiger partial charge on any atom is 0.224 e. The number of halogens is 2. The standard InChI is InChI=1S/C24H33FN4O3.HI/c1-3-32-16-4-13-27-24(29-18-20-7-11-22(31-2)12-8-20)28-15-14-26-23(30)17-19-5-9-21(25)10-6-19;/h5-12H,3-4,13-18H2,1-2H3,(H,26,30)(H2,27,28,29);1H. The third kappa shape index (κ3) is 12.4. The average Bonchev–Trinajstić information content (AvgIpc) is 2.81. The van der Waals surface area contributed by atoms with Gasteiger partial charge in [-0.05, 0) is 48.7 Å². The quantitative estimate of drug-likeness (QED) is 0.149. The molecule has 1 amide bonds. The second-order valence-corrected chi connectivity index (χ2v) is 7.07. The van der Waals surface area contributed by atoms with E-state index >= 15 is 0 Å². The Labute approximate surface area is 212 Å². The molecule has 9 heteroatoms. The second kappa shape index (κ2) is 17.1. The molecule has 2 aromatic carbocycles. The Morgan fingerprint density at radius 1 is 0.939 bits per heavy atom. The van der Waals surface area contributed by atoms with E-state index in [-0.39, 0.29) is 42.1 Å². The largest absolute Gasteiger partial charge is 0.497 e. The number of carbonyl (C=O) groups is 1. The lowest BCUT2D eigenvalue weighted by atomic mass is 10.1. The highest BCUT2D eigenvalue weighted by molar-refractivity contribution is 14.0. The minimum Gasteiger partial charge on any atom is -0.497 e. The second-order valence-electron chi connectivity index (χ2n) is 7.07. The summed E-state index contributed by atoms with van der Waals surface area (Å²) in [6.45, 7) is 5.58. The van der Waals surface area contributed by atoms with Gasteiger partial charge in [0.15, 0.2) is 5.96 Å². The van der Waals surface area contributed by atoms with Gasteiger partial charge in [0.1, 0.15) is 11.6 Å². The van der Waals surface area contributed by atoms with Gasteiger partial charge in [0.2, 0.25) is 5.91 Å². The molecule has 2 aromatic rings. The van der Waals surface area contributed by atoms with Crippen LogP contribution in [0.4, 0.5) is 4.39 Å². The van der Waals surface area contributed by atoms with Crippen LogP contribution in [-0.2, 0) is 22.5 Å². The highest BCUT2D eigenvalue weighted by Crippen LogP contribution is 2.11. The molecule has 0 aromatic heterocycles. The van der Waals surface area contributed by atoms with Gasteiger partial charge in [0, 0.05) is 32.8 Å². The third-order valence-electron chi connectivity index (χ3n) is 4.56. The molecular formula is C24H34FIN4O3. The van der Waals surface area contributed by atoms with Gasteiger partial charge in [-0.15, -0.1) is 24.0 Å². The van der Waals surface area contributed by atoms with E-state index in [1.807, 2.05) is 31.2 Å². The zero-order chi connectivity index (χ0) is 23.0. The van der Waals surface area contributed by atoms with Crippen molar-refractivity contribution >= 4 is 35.8 Å². The molecule has 0 unspecified atom stereocenters. The lowest BCUT2D eigenvalue weighted by Crippen LogP contribution is -2.42. The highest BCUT2D eigenvalue weighted by atomic mass is 127. The molecule has 33 heavy (non-hydrogen) atoms. The van der Waals surface area contributed by atoms with Crippen molar-refractivity contribution in [3.8, 4) is 5.75 Å². The van der Waals surface area contributed by atoms with Gasteiger partial charge in [-0.25, -0.2) is 9.38 Å². The number of guanidine groups is 1. The summed E-state index contributed by atoms with van der Waals surface area (Å²) in [5.41, 5.74) is 1.84. The zero-order valence-corrected chi connectivity index (χ0v) is 21.6. The first kappa shape index (κ1) is 28.6. The minimum absolute atomic E-state index is 0. The first-order valence-corrected chi connectivity index (χ1v) is 10.8. The predicted molar refractivity (Wildman–Crippen MR) is 140 cm³/mol. The van der Waals surface area contributed by atoms with Crippen molar-refractivity contribution in [1.29, 1.82) is 0 Å². The van der Waals surface area contributed by atoms with Crippen molar-refractivity contribution in [2.45, 2.75) is 26.3 Å². The van der Waals surface area contributed by atoms with Gasteiger partial charge in [-0.3, -0.25) is 4.79 Å².